The van der Waals surface area contributed by atoms with Crippen LogP contribution in [0.25, 0.3) is 0 Å². The summed E-state index contributed by atoms with van der Waals surface area (Å²) in [5.74, 6) is -0.347. The molecule has 1 aliphatic rings. The molecule has 0 bridgehead atoms. The predicted molar refractivity (Wildman–Crippen MR) is 92.3 cm³/mol. The molecule has 0 atom stereocenters. The van der Waals surface area contributed by atoms with Gasteiger partial charge in [0.2, 0.25) is 0 Å². The molecule has 2 aromatic rings. The van der Waals surface area contributed by atoms with E-state index >= 15 is 0 Å². The van der Waals surface area contributed by atoms with Gasteiger partial charge < -0.3 is 10.6 Å². The van der Waals surface area contributed by atoms with E-state index in [4.69, 9.17) is 0 Å². The van der Waals surface area contributed by atoms with Crippen molar-refractivity contribution in [2.75, 3.05) is 5.32 Å². The van der Waals surface area contributed by atoms with Gasteiger partial charge in [0.05, 0.1) is 11.9 Å². The van der Waals surface area contributed by atoms with Gasteiger partial charge in [0.1, 0.15) is 11.5 Å². The van der Waals surface area contributed by atoms with E-state index in [2.05, 4.69) is 15.6 Å². The van der Waals surface area contributed by atoms with Crippen LogP contribution in [0.1, 0.15) is 48.2 Å². The van der Waals surface area contributed by atoms with Gasteiger partial charge in [-0.25, -0.2) is 9.37 Å². The van der Waals surface area contributed by atoms with Crippen molar-refractivity contribution in [2.24, 2.45) is 0 Å². The SMILES string of the molecule is O=C(NC1CCCCC1)c1ccc(NCc2ccc(F)cc2)cn1. The molecule has 24 heavy (non-hydrogen) atoms. The molecule has 1 saturated carbocycles. The first-order valence-corrected chi connectivity index (χ1v) is 8.46. The second kappa shape index (κ2) is 7.90. The molecule has 1 aromatic carbocycles. The van der Waals surface area contributed by atoms with Gasteiger partial charge in [-0.2, -0.15) is 0 Å². The molecule has 2 N–H and O–H groups in total. The summed E-state index contributed by atoms with van der Waals surface area (Å²) in [6.45, 7) is 0.579. The number of carbonyl (C=O) groups is 1. The lowest BCUT2D eigenvalue weighted by Gasteiger charge is -2.22. The highest BCUT2D eigenvalue weighted by Gasteiger charge is 2.17. The predicted octanol–water partition coefficient (Wildman–Crippen LogP) is 3.90. The Morgan fingerprint density at radius 2 is 1.83 bits per heavy atom. The summed E-state index contributed by atoms with van der Waals surface area (Å²) in [7, 11) is 0. The number of nitrogens with zero attached hydrogens (tertiary/aromatic N) is 1. The van der Waals surface area contributed by atoms with Crippen LogP contribution in [0.5, 0.6) is 0 Å². The molecule has 3 rings (SSSR count). The molecule has 5 heteroatoms. The summed E-state index contributed by atoms with van der Waals surface area (Å²) in [4.78, 5) is 16.4. The molecule has 0 unspecified atom stereocenters. The zero-order valence-corrected chi connectivity index (χ0v) is 13.6. The summed E-state index contributed by atoms with van der Waals surface area (Å²) in [6.07, 6.45) is 7.40. The van der Waals surface area contributed by atoms with Crippen LogP contribution in [0, 0.1) is 5.82 Å². The molecule has 0 spiro atoms. The topological polar surface area (TPSA) is 54.0 Å². The lowest BCUT2D eigenvalue weighted by Crippen LogP contribution is -2.36. The Morgan fingerprint density at radius 3 is 2.50 bits per heavy atom. The maximum Gasteiger partial charge on any atom is 0.270 e. The first-order valence-electron chi connectivity index (χ1n) is 8.46. The Labute approximate surface area is 141 Å². The van der Waals surface area contributed by atoms with E-state index in [-0.39, 0.29) is 17.8 Å². The number of benzene rings is 1. The van der Waals surface area contributed by atoms with Crippen molar-refractivity contribution in [3.8, 4) is 0 Å². The largest absolute Gasteiger partial charge is 0.380 e. The lowest BCUT2D eigenvalue weighted by atomic mass is 9.95. The second-order valence-electron chi connectivity index (χ2n) is 6.22. The van der Waals surface area contributed by atoms with Crippen molar-refractivity contribution < 1.29 is 9.18 Å². The van der Waals surface area contributed by atoms with E-state index in [1.165, 1.54) is 31.4 Å². The number of nitrogens with one attached hydrogen (secondary N) is 2. The van der Waals surface area contributed by atoms with Gasteiger partial charge in [-0.3, -0.25) is 4.79 Å². The zero-order chi connectivity index (χ0) is 16.8. The van der Waals surface area contributed by atoms with E-state index < -0.39 is 0 Å². The molecule has 4 nitrogen and oxygen atoms in total. The number of hydrogen-bond donors (Lipinski definition) is 2. The number of anilines is 1. The fraction of sp³-hybridized carbons (Fsp3) is 0.368. The van der Waals surface area contributed by atoms with E-state index in [0.717, 1.165) is 24.1 Å². The highest BCUT2D eigenvalue weighted by molar-refractivity contribution is 5.92. The number of carbonyl (C=O) groups excluding carboxylic acids is 1. The third-order valence-corrected chi connectivity index (χ3v) is 4.35. The Hall–Kier alpha value is -2.43. The number of aromatic nitrogens is 1. The monoisotopic (exact) mass is 327 g/mol. The zero-order valence-electron chi connectivity index (χ0n) is 13.6. The molecular formula is C19H22FN3O. The van der Waals surface area contributed by atoms with E-state index in [1.807, 2.05) is 6.07 Å². The van der Waals surface area contributed by atoms with Crippen LogP contribution in [0.15, 0.2) is 42.6 Å². The van der Waals surface area contributed by atoms with Crippen LogP contribution < -0.4 is 10.6 Å². The molecule has 0 saturated heterocycles. The molecule has 1 aromatic heterocycles. The van der Waals surface area contributed by atoms with Gasteiger partial charge in [-0.1, -0.05) is 31.4 Å². The number of pyridine rings is 1. The van der Waals surface area contributed by atoms with Crippen LogP contribution in [-0.4, -0.2) is 16.9 Å². The molecule has 0 aliphatic heterocycles. The van der Waals surface area contributed by atoms with Crippen molar-refractivity contribution in [3.05, 3.63) is 59.7 Å². The summed E-state index contributed by atoms with van der Waals surface area (Å²) in [6, 6.07) is 10.2. The van der Waals surface area contributed by atoms with Crippen LogP contribution in [0.3, 0.4) is 0 Å². The second-order valence-corrected chi connectivity index (χ2v) is 6.22. The highest BCUT2D eigenvalue weighted by atomic mass is 19.1. The molecule has 1 heterocycles. The summed E-state index contributed by atoms with van der Waals surface area (Å²) in [5.41, 5.74) is 2.25. The van der Waals surface area contributed by atoms with Gasteiger partial charge in [0.15, 0.2) is 0 Å². The first-order chi connectivity index (χ1) is 11.7. The van der Waals surface area contributed by atoms with Crippen LogP contribution >= 0.6 is 0 Å². The molecular weight excluding hydrogens is 305 g/mol. The van der Waals surface area contributed by atoms with Crippen molar-refractivity contribution in [3.63, 3.8) is 0 Å². The Morgan fingerprint density at radius 1 is 1.08 bits per heavy atom. The van der Waals surface area contributed by atoms with Gasteiger partial charge >= 0.3 is 0 Å². The van der Waals surface area contributed by atoms with Crippen molar-refractivity contribution in [1.82, 2.24) is 10.3 Å². The third-order valence-electron chi connectivity index (χ3n) is 4.35. The number of halogens is 1. The summed E-state index contributed by atoms with van der Waals surface area (Å²) >= 11 is 0. The maximum absolute atomic E-state index is 12.9. The average molecular weight is 327 g/mol. The minimum absolute atomic E-state index is 0.105. The van der Waals surface area contributed by atoms with Crippen molar-refractivity contribution >= 4 is 11.6 Å². The Kier molecular flexibility index (Phi) is 5.41. The van der Waals surface area contributed by atoms with Crippen LogP contribution in [-0.2, 0) is 6.54 Å². The lowest BCUT2D eigenvalue weighted by molar-refractivity contribution is 0.0922. The minimum Gasteiger partial charge on any atom is -0.380 e. The van der Waals surface area contributed by atoms with Crippen LogP contribution in [0.4, 0.5) is 10.1 Å². The summed E-state index contributed by atoms with van der Waals surface area (Å²) in [5, 5.41) is 6.27. The first kappa shape index (κ1) is 16.4. The van der Waals surface area contributed by atoms with E-state index in [1.54, 1.807) is 24.4 Å². The molecule has 1 fully saturated rings. The van der Waals surface area contributed by atoms with Crippen molar-refractivity contribution in [1.29, 1.82) is 0 Å². The number of hydrogen-bond acceptors (Lipinski definition) is 3. The average Bonchev–Trinajstić information content (AvgIpc) is 2.62. The maximum atomic E-state index is 12.9. The Bertz CT molecular complexity index is 664. The fourth-order valence-electron chi connectivity index (χ4n) is 2.95. The quantitative estimate of drug-likeness (QED) is 0.876. The van der Waals surface area contributed by atoms with Gasteiger partial charge in [-0.15, -0.1) is 0 Å². The standard InChI is InChI=1S/C19H22FN3O/c20-15-8-6-14(7-9-15)12-21-17-10-11-18(22-13-17)19(24)23-16-4-2-1-3-5-16/h6-11,13,16,21H,1-5,12H2,(H,23,24). The van der Waals surface area contributed by atoms with Gasteiger partial charge in [0, 0.05) is 12.6 Å². The molecule has 1 amide bonds. The fourth-order valence-corrected chi connectivity index (χ4v) is 2.95. The van der Waals surface area contributed by atoms with Crippen molar-refractivity contribution in [2.45, 2.75) is 44.7 Å². The normalized spacial score (nSPS) is 15.0. The van der Waals surface area contributed by atoms with Gasteiger partial charge in [0.25, 0.3) is 5.91 Å². The number of rotatable bonds is 5. The van der Waals surface area contributed by atoms with E-state index in [9.17, 15) is 9.18 Å². The number of amides is 1. The summed E-state index contributed by atoms with van der Waals surface area (Å²) < 4.78 is 12.9. The molecule has 0 radical (unpaired) electrons. The Balaban J connectivity index is 1.52. The van der Waals surface area contributed by atoms with Gasteiger partial charge in [-0.05, 0) is 42.7 Å². The van der Waals surface area contributed by atoms with Crippen LogP contribution in [0.2, 0.25) is 0 Å². The smallest absolute Gasteiger partial charge is 0.270 e. The molecule has 126 valence electrons. The molecule has 1 aliphatic carbocycles. The minimum atomic E-state index is -0.242. The van der Waals surface area contributed by atoms with E-state index in [0.29, 0.717) is 12.2 Å². The highest BCUT2D eigenvalue weighted by Crippen LogP contribution is 2.18. The third kappa shape index (κ3) is 4.54.